The molecule has 0 radical (unpaired) electrons. The highest BCUT2D eigenvalue weighted by atomic mass is 35.5. The quantitative estimate of drug-likeness (QED) is 0.238. The van der Waals surface area contributed by atoms with Gasteiger partial charge in [0.05, 0.1) is 6.61 Å². The first-order chi connectivity index (χ1) is 16.0. The molecule has 0 saturated carbocycles. The second kappa shape index (κ2) is 10.6. The van der Waals surface area contributed by atoms with Gasteiger partial charge in [0.15, 0.2) is 6.61 Å². The van der Waals surface area contributed by atoms with Gasteiger partial charge in [0.25, 0.3) is 0 Å². The molecule has 170 valence electrons. The minimum absolute atomic E-state index is 0.346. The maximum Gasteiger partial charge on any atom is 0.341 e. The molecule has 0 aliphatic rings. The number of fused-ring (bicyclic) bond motifs is 1. The average Bonchev–Trinajstić information content (AvgIpc) is 3.23. The largest absolute Gasteiger partial charge is 0.491 e. The van der Waals surface area contributed by atoms with Gasteiger partial charge in [-0.25, -0.2) is 4.79 Å². The van der Waals surface area contributed by atoms with Crippen molar-refractivity contribution in [2.24, 2.45) is 0 Å². The number of thioether (sulfide) groups is 1. The fourth-order valence-electron chi connectivity index (χ4n) is 3.18. The molecule has 0 unspecified atom stereocenters. The van der Waals surface area contributed by atoms with Crippen LogP contribution in [0.4, 0.5) is 0 Å². The van der Waals surface area contributed by atoms with Gasteiger partial charge in [-0.05, 0) is 67.4 Å². The van der Waals surface area contributed by atoms with Gasteiger partial charge in [-0.15, -0.1) is 26.8 Å². The summed E-state index contributed by atoms with van der Waals surface area (Å²) < 4.78 is 11.3. The first kappa shape index (κ1) is 22.9. The number of hydrogen-bond acceptors (Lipinski definition) is 6. The summed E-state index contributed by atoms with van der Waals surface area (Å²) in [6.07, 6.45) is 0.831. The zero-order valence-corrected chi connectivity index (χ0v) is 19.5. The smallest absolute Gasteiger partial charge is 0.341 e. The van der Waals surface area contributed by atoms with E-state index in [1.54, 1.807) is 34.8 Å². The van der Waals surface area contributed by atoms with Crippen molar-refractivity contribution in [2.45, 2.75) is 18.2 Å². The Bertz CT molecular complexity index is 1240. The number of aliphatic carboxylic acids is 1. The van der Waals surface area contributed by atoms with E-state index in [0.717, 1.165) is 33.7 Å². The molecule has 3 aromatic carbocycles. The zero-order chi connectivity index (χ0) is 23.2. The van der Waals surface area contributed by atoms with E-state index >= 15 is 0 Å². The van der Waals surface area contributed by atoms with Crippen molar-refractivity contribution < 1.29 is 19.4 Å². The third-order valence-corrected chi connectivity index (χ3v) is 6.05. The number of carboxylic acid groups (broad SMARTS) is 1. The number of benzene rings is 3. The van der Waals surface area contributed by atoms with E-state index in [4.69, 9.17) is 26.2 Å². The van der Waals surface area contributed by atoms with Crippen molar-refractivity contribution in [3.05, 3.63) is 71.2 Å². The number of carbonyl (C=O) groups is 1. The van der Waals surface area contributed by atoms with Gasteiger partial charge >= 0.3 is 5.97 Å². The predicted octanol–water partition coefficient (Wildman–Crippen LogP) is 5.41. The summed E-state index contributed by atoms with van der Waals surface area (Å²) in [5.41, 5.74) is 3.20. The van der Waals surface area contributed by atoms with Crippen molar-refractivity contribution in [1.82, 2.24) is 15.0 Å². The molecule has 0 fully saturated rings. The van der Waals surface area contributed by atoms with Crippen LogP contribution in [0.1, 0.15) is 12.0 Å². The highest BCUT2D eigenvalue weighted by Gasteiger charge is 2.11. The monoisotopic (exact) mass is 483 g/mol. The maximum absolute atomic E-state index is 10.7. The lowest BCUT2D eigenvalue weighted by molar-refractivity contribution is -0.139. The number of carboxylic acids is 1. The van der Waals surface area contributed by atoms with Crippen LogP contribution in [0, 0.1) is 6.92 Å². The summed E-state index contributed by atoms with van der Waals surface area (Å²) in [7, 11) is 0. The Morgan fingerprint density at radius 1 is 1.03 bits per heavy atom. The Labute approximate surface area is 200 Å². The molecule has 1 heterocycles. The second-order valence-corrected chi connectivity index (χ2v) is 8.86. The Balaban J connectivity index is 1.33. The molecule has 9 heteroatoms. The van der Waals surface area contributed by atoms with Gasteiger partial charge in [-0.1, -0.05) is 23.7 Å². The normalized spacial score (nSPS) is 11.0. The Hall–Kier alpha value is -3.23. The van der Waals surface area contributed by atoms with E-state index < -0.39 is 5.97 Å². The summed E-state index contributed by atoms with van der Waals surface area (Å²) in [5.74, 6) is 1.12. The van der Waals surface area contributed by atoms with E-state index in [2.05, 4.69) is 10.2 Å². The minimum atomic E-state index is -0.992. The van der Waals surface area contributed by atoms with Crippen LogP contribution in [0.2, 0.25) is 5.02 Å². The predicted molar refractivity (Wildman–Crippen MR) is 129 cm³/mol. The topological polar surface area (TPSA) is 86.5 Å². The summed E-state index contributed by atoms with van der Waals surface area (Å²) in [5, 5.41) is 18.4. The van der Waals surface area contributed by atoms with Crippen LogP contribution in [-0.4, -0.2) is 45.0 Å². The van der Waals surface area contributed by atoms with Gasteiger partial charge in [0.2, 0.25) is 0 Å². The number of ether oxygens (including phenoxy) is 2. The number of halogens is 1. The van der Waals surface area contributed by atoms with Crippen LogP contribution in [-0.2, 0) is 4.79 Å². The molecular formula is C24H22ClN3O4S. The number of rotatable bonds is 10. The summed E-state index contributed by atoms with van der Waals surface area (Å²) in [6.45, 7) is 2.09. The van der Waals surface area contributed by atoms with Crippen LogP contribution in [0.3, 0.4) is 0 Å². The van der Waals surface area contributed by atoms with Crippen LogP contribution in [0.15, 0.2) is 65.6 Å². The van der Waals surface area contributed by atoms with Gasteiger partial charge in [-0.3, -0.25) is 0 Å². The Morgan fingerprint density at radius 2 is 1.76 bits per heavy atom. The van der Waals surface area contributed by atoms with E-state index in [1.165, 1.54) is 0 Å². The molecule has 1 N–H and O–H groups in total. The first-order valence-corrected chi connectivity index (χ1v) is 11.7. The van der Waals surface area contributed by atoms with E-state index in [-0.39, 0.29) is 6.61 Å². The van der Waals surface area contributed by atoms with Crippen LogP contribution in [0.5, 0.6) is 11.5 Å². The fraction of sp³-hybridized carbons (Fsp3) is 0.208. The fourth-order valence-corrected chi connectivity index (χ4v) is 4.27. The van der Waals surface area contributed by atoms with Crippen molar-refractivity contribution in [1.29, 1.82) is 0 Å². The highest BCUT2D eigenvalue weighted by Crippen LogP contribution is 2.28. The number of hydrogen-bond donors (Lipinski definition) is 1. The third kappa shape index (κ3) is 5.97. The standard InChI is InChI=1S/C24H22ClN3O4S/c1-16-13-18(8-10-22(16)32-15-24(29)30)33-12-4-11-31-23-9-7-17(25)14-21(23)28-26-19-5-2-3-6-20(19)27-28/h2-3,5-10,13-14H,4,11-12,15H2,1H3,(H,29,30). The molecule has 1 aromatic heterocycles. The lowest BCUT2D eigenvalue weighted by Gasteiger charge is -2.11. The second-order valence-electron chi connectivity index (χ2n) is 7.25. The third-order valence-electron chi connectivity index (χ3n) is 4.74. The zero-order valence-electron chi connectivity index (χ0n) is 17.9. The average molecular weight is 484 g/mol. The van der Waals surface area contributed by atoms with E-state index in [1.807, 2.05) is 49.4 Å². The molecule has 33 heavy (non-hydrogen) atoms. The lowest BCUT2D eigenvalue weighted by Crippen LogP contribution is -2.10. The summed E-state index contributed by atoms with van der Waals surface area (Å²) >= 11 is 7.92. The maximum atomic E-state index is 10.7. The van der Waals surface area contributed by atoms with Crippen LogP contribution < -0.4 is 9.47 Å². The molecule has 0 aliphatic carbocycles. The molecular weight excluding hydrogens is 462 g/mol. The van der Waals surface area contributed by atoms with E-state index in [0.29, 0.717) is 28.8 Å². The number of nitrogens with zero attached hydrogens (tertiary/aromatic N) is 3. The van der Waals surface area contributed by atoms with Gasteiger partial charge in [0, 0.05) is 15.7 Å². The Morgan fingerprint density at radius 3 is 2.45 bits per heavy atom. The molecule has 0 atom stereocenters. The van der Waals surface area contributed by atoms with Crippen molar-refractivity contribution in [3.8, 4) is 17.2 Å². The molecule has 0 saturated heterocycles. The summed E-state index contributed by atoms with van der Waals surface area (Å²) in [4.78, 5) is 13.3. The van der Waals surface area contributed by atoms with Crippen molar-refractivity contribution in [2.75, 3.05) is 19.0 Å². The molecule has 0 bridgehead atoms. The molecule has 4 rings (SSSR count). The van der Waals surface area contributed by atoms with Crippen LogP contribution in [0.25, 0.3) is 16.7 Å². The lowest BCUT2D eigenvalue weighted by atomic mass is 10.2. The van der Waals surface area contributed by atoms with Gasteiger partial charge in [-0.2, -0.15) is 0 Å². The van der Waals surface area contributed by atoms with E-state index in [9.17, 15) is 4.79 Å². The molecule has 0 spiro atoms. The van der Waals surface area contributed by atoms with Crippen LogP contribution >= 0.6 is 23.4 Å². The van der Waals surface area contributed by atoms with Gasteiger partial charge in [0.1, 0.15) is 28.2 Å². The molecule has 7 nitrogen and oxygen atoms in total. The molecule has 4 aromatic rings. The minimum Gasteiger partial charge on any atom is -0.491 e. The highest BCUT2D eigenvalue weighted by molar-refractivity contribution is 7.99. The van der Waals surface area contributed by atoms with Crippen molar-refractivity contribution in [3.63, 3.8) is 0 Å². The van der Waals surface area contributed by atoms with Gasteiger partial charge < -0.3 is 14.6 Å². The molecule has 0 aliphatic heterocycles. The summed E-state index contributed by atoms with van der Waals surface area (Å²) in [6, 6.07) is 18.8. The number of aryl methyl sites for hydroxylation is 1. The number of aromatic nitrogens is 3. The first-order valence-electron chi connectivity index (χ1n) is 10.3. The van der Waals surface area contributed by atoms with Crippen molar-refractivity contribution >= 4 is 40.4 Å². The molecule has 0 amide bonds. The Kier molecular flexibility index (Phi) is 7.36. The SMILES string of the molecule is Cc1cc(SCCCOc2ccc(Cl)cc2-n2nc3ccccc3n2)ccc1OCC(=O)O.